The van der Waals surface area contributed by atoms with Crippen LogP contribution in [0.25, 0.3) is 0 Å². The molecule has 1 aliphatic carbocycles. The number of likely N-dealkylation sites (N-methyl/N-ethyl adjacent to an activating group) is 1. The van der Waals surface area contributed by atoms with Crippen molar-refractivity contribution in [2.75, 3.05) is 18.0 Å². The van der Waals surface area contributed by atoms with Gasteiger partial charge in [0.15, 0.2) is 0 Å². The van der Waals surface area contributed by atoms with Gasteiger partial charge in [-0.05, 0) is 62.1 Å². The van der Waals surface area contributed by atoms with Gasteiger partial charge in [0.05, 0.1) is 5.54 Å². The Morgan fingerprint density at radius 1 is 1.29 bits per heavy atom. The molecule has 1 saturated carbocycles. The van der Waals surface area contributed by atoms with Gasteiger partial charge >= 0.3 is 0 Å². The highest BCUT2D eigenvalue weighted by Gasteiger charge is 2.45. The van der Waals surface area contributed by atoms with Gasteiger partial charge in [-0.25, -0.2) is 0 Å². The minimum absolute atomic E-state index is 0.101. The Bertz CT molecular complexity index is 480. The highest BCUT2D eigenvalue weighted by atomic mass is 15.2. The lowest BCUT2D eigenvalue weighted by Gasteiger charge is -2.53. The Labute approximate surface area is 130 Å². The van der Waals surface area contributed by atoms with Gasteiger partial charge in [-0.15, -0.1) is 0 Å². The van der Waals surface area contributed by atoms with Gasteiger partial charge in [-0.3, -0.25) is 0 Å². The Morgan fingerprint density at radius 2 is 2.00 bits per heavy atom. The summed E-state index contributed by atoms with van der Waals surface area (Å²) in [6.07, 6.45) is 3.69. The predicted molar refractivity (Wildman–Crippen MR) is 92.8 cm³/mol. The topological polar surface area (TPSA) is 29.3 Å². The number of nitrogens with zero attached hydrogens (tertiary/aromatic N) is 1. The molecule has 0 spiro atoms. The van der Waals surface area contributed by atoms with Crippen LogP contribution in [0.3, 0.4) is 0 Å². The van der Waals surface area contributed by atoms with Crippen LogP contribution >= 0.6 is 0 Å². The van der Waals surface area contributed by atoms with Crippen LogP contribution < -0.4 is 10.6 Å². The van der Waals surface area contributed by atoms with Crippen LogP contribution in [0, 0.1) is 18.3 Å². The molecular weight excluding hydrogens is 256 g/mol. The lowest BCUT2D eigenvalue weighted by atomic mass is 9.63. The highest BCUT2D eigenvalue weighted by molar-refractivity contribution is 5.51. The van der Waals surface area contributed by atoms with Crippen LogP contribution in [0.5, 0.6) is 0 Å². The monoisotopic (exact) mass is 288 g/mol. The number of hydrogen-bond donors (Lipinski definition) is 1. The predicted octanol–water partition coefficient (Wildman–Crippen LogP) is 4.37. The molecule has 2 unspecified atom stereocenters. The number of hydrogen-bond acceptors (Lipinski definition) is 2. The van der Waals surface area contributed by atoms with Gasteiger partial charge in [0.2, 0.25) is 0 Å². The Kier molecular flexibility index (Phi) is 4.67. The average Bonchev–Trinajstić information content (AvgIpc) is 2.37. The van der Waals surface area contributed by atoms with Crippen LogP contribution in [0.2, 0.25) is 0 Å². The fraction of sp³-hybridized carbons (Fsp3) is 0.684. The molecule has 0 saturated heterocycles. The van der Waals surface area contributed by atoms with Gasteiger partial charge in [0.25, 0.3) is 0 Å². The molecule has 0 aromatic heterocycles. The van der Waals surface area contributed by atoms with Crippen molar-refractivity contribution in [1.29, 1.82) is 0 Å². The summed E-state index contributed by atoms with van der Waals surface area (Å²) < 4.78 is 0. The molecule has 0 aliphatic heterocycles. The maximum absolute atomic E-state index is 6.33. The van der Waals surface area contributed by atoms with E-state index in [2.05, 4.69) is 63.8 Å². The average molecular weight is 288 g/mol. The summed E-state index contributed by atoms with van der Waals surface area (Å²) >= 11 is 0. The second-order valence-electron chi connectivity index (χ2n) is 7.87. The van der Waals surface area contributed by atoms with Crippen molar-refractivity contribution in [1.82, 2.24) is 0 Å². The van der Waals surface area contributed by atoms with Crippen LogP contribution in [0.4, 0.5) is 5.69 Å². The smallest absolute Gasteiger partial charge is 0.0531 e. The van der Waals surface area contributed by atoms with Crippen molar-refractivity contribution in [3.8, 4) is 0 Å². The van der Waals surface area contributed by atoms with Crippen LogP contribution in [0.1, 0.15) is 52.5 Å². The molecule has 2 nitrogen and oxygen atoms in total. The largest absolute Gasteiger partial charge is 0.365 e. The van der Waals surface area contributed by atoms with E-state index in [9.17, 15) is 0 Å². The van der Waals surface area contributed by atoms with Crippen LogP contribution in [0.15, 0.2) is 24.3 Å². The zero-order chi connectivity index (χ0) is 15.7. The van der Waals surface area contributed by atoms with Crippen LogP contribution in [-0.2, 0) is 0 Å². The third-order valence-electron chi connectivity index (χ3n) is 5.02. The Hall–Kier alpha value is -1.02. The van der Waals surface area contributed by atoms with E-state index < -0.39 is 0 Å². The van der Waals surface area contributed by atoms with Crippen molar-refractivity contribution < 1.29 is 0 Å². The molecule has 1 aromatic carbocycles. The third kappa shape index (κ3) is 3.42. The van der Waals surface area contributed by atoms with E-state index in [1.165, 1.54) is 30.5 Å². The zero-order valence-corrected chi connectivity index (χ0v) is 14.4. The van der Waals surface area contributed by atoms with Gasteiger partial charge in [-0.2, -0.15) is 0 Å². The molecule has 2 heteroatoms. The molecule has 0 amide bonds. The van der Waals surface area contributed by atoms with Gasteiger partial charge in [0, 0.05) is 18.8 Å². The van der Waals surface area contributed by atoms with Crippen molar-refractivity contribution in [3.63, 3.8) is 0 Å². The number of rotatable bonds is 4. The number of benzene rings is 1. The van der Waals surface area contributed by atoms with Gasteiger partial charge in [-0.1, -0.05) is 32.9 Å². The van der Waals surface area contributed by atoms with E-state index in [1.54, 1.807) is 0 Å². The molecule has 2 rings (SSSR count). The second-order valence-corrected chi connectivity index (χ2v) is 7.87. The van der Waals surface area contributed by atoms with E-state index in [0.717, 1.165) is 19.0 Å². The highest BCUT2D eigenvalue weighted by Crippen LogP contribution is 2.47. The first-order chi connectivity index (χ1) is 9.82. The number of nitrogens with two attached hydrogens (primary N) is 1. The molecule has 2 N–H and O–H groups in total. The summed E-state index contributed by atoms with van der Waals surface area (Å²) in [6, 6.07) is 8.86. The first-order valence-corrected chi connectivity index (χ1v) is 8.36. The summed E-state index contributed by atoms with van der Waals surface area (Å²) in [5.41, 5.74) is 9.45. The van der Waals surface area contributed by atoms with E-state index >= 15 is 0 Å². The molecule has 1 fully saturated rings. The summed E-state index contributed by atoms with van der Waals surface area (Å²) in [6.45, 7) is 13.4. The normalized spacial score (nSPS) is 28.4. The minimum Gasteiger partial charge on any atom is -0.365 e. The standard InChI is InChI=1S/C19H32N2/c1-6-21(17-9-7-8-15(2)10-17)19(14-20)12-16(3)11-18(4,5)13-19/h7-10,16H,6,11-14,20H2,1-5H3. The van der Waals surface area contributed by atoms with Gasteiger partial charge < -0.3 is 10.6 Å². The number of aryl methyl sites for hydroxylation is 1. The molecule has 2 atom stereocenters. The zero-order valence-electron chi connectivity index (χ0n) is 14.4. The molecule has 0 radical (unpaired) electrons. The molecule has 1 aromatic rings. The summed E-state index contributed by atoms with van der Waals surface area (Å²) in [5.74, 6) is 0.733. The maximum Gasteiger partial charge on any atom is 0.0531 e. The first-order valence-electron chi connectivity index (χ1n) is 8.36. The SMILES string of the molecule is CCN(c1cccc(C)c1)C1(CN)CC(C)CC(C)(C)C1. The Balaban J connectivity index is 2.41. The minimum atomic E-state index is 0.101. The fourth-order valence-electron chi connectivity index (χ4n) is 4.76. The molecule has 118 valence electrons. The molecule has 0 heterocycles. The van der Waals surface area contributed by atoms with Gasteiger partial charge in [0.1, 0.15) is 0 Å². The molecular formula is C19H32N2. The molecule has 21 heavy (non-hydrogen) atoms. The van der Waals surface area contributed by atoms with E-state index in [0.29, 0.717) is 5.41 Å². The first kappa shape index (κ1) is 16.4. The van der Waals surface area contributed by atoms with Crippen molar-refractivity contribution in [2.24, 2.45) is 17.1 Å². The van der Waals surface area contributed by atoms with E-state index in [1.807, 2.05) is 0 Å². The second kappa shape index (κ2) is 6.00. The van der Waals surface area contributed by atoms with E-state index in [-0.39, 0.29) is 5.54 Å². The van der Waals surface area contributed by atoms with Crippen molar-refractivity contribution in [3.05, 3.63) is 29.8 Å². The summed E-state index contributed by atoms with van der Waals surface area (Å²) in [5, 5.41) is 0. The fourth-order valence-corrected chi connectivity index (χ4v) is 4.76. The van der Waals surface area contributed by atoms with Crippen LogP contribution in [-0.4, -0.2) is 18.6 Å². The molecule has 0 bridgehead atoms. The van der Waals surface area contributed by atoms with E-state index in [4.69, 9.17) is 5.73 Å². The summed E-state index contributed by atoms with van der Waals surface area (Å²) in [7, 11) is 0. The lowest BCUT2D eigenvalue weighted by molar-refractivity contribution is 0.106. The van der Waals surface area contributed by atoms with Crippen molar-refractivity contribution >= 4 is 5.69 Å². The maximum atomic E-state index is 6.33. The number of anilines is 1. The third-order valence-corrected chi connectivity index (χ3v) is 5.02. The lowest BCUT2D eigenvalue weighted by Crippen LogP contribution is -2.59. The Morgan fingerprint density at radius 3 is 2.52 bits per heavy atom. The summed E-state index contributed by atoms with van der Waals surface area (Å²) in [4.78, 5) is 2.57. The quantitative estimate of drug-likeness (QED) is 0.891. The molecule has 1 aliphatic rings. The van der Waals surface area contributed by atoms with Crippen molar-refractivity contribution in [2.45, 2.75) is 59.4 Å².